The lowest BCUT2D eigenvalue weighted by Gasteiger charge is -2.11. The van der Waals surface area contributed by atoms with Crippen molar-refractivity contribution in [2.75, 3.05) is 13.2 Å². The summed E-state index contributed by atoms with van der Waals surface area (Å²) in [4.78, 5) is 12.5. The maximum absolute atomic E-state index is 5.80. The summed E-state index contributed by atoms with van der Waals surface area (Å²) in [5.74, 6) is 1.56. The Labute approximate surface area is 167 Å². The van der Waals surface area contributed by atoms with Crippen molar-refractivity contribution >= 4 is 33.6 Å². The second-order valence-electron chi connectivity index (χ2n) is 6.09. The molecule has 0 aliphatic heterocycles. The Morgan fingerprint density at radius 2 is 1.96 bits per heavy atom. The summed E-state index contributed by atoms with van der Waals surface area (Å²) in [5, 5.41) is 3.85. The molecule has 0 spiro atoms. The predicted octanol–water partition coefficient (Wildman–Crippen LogP) is 5.84. The third kappa shape index (κ3) is 3.77. The highest BCUT2D eigenvalue weighted by molar-refractivity contribution is 7.13. The van der Waals surface area contributed by atoms with Crippen LogP contribution in [0.25, 0.3) is 22.2 Å². The van der Waals surface area contributed by atoms with Crippen LogP contribution in [0.4, 0.5) is 5.13 Å². The van der Waals surface area contributed by atoms with Crippen molar-refractivity contribution in [1.82, 2.24) is 9.97 Å². The van der Waals surface area contributed by atoms with Crippen LogP contribution < -0.4 is 9.47 Å². The van der Waals surface area contributed by atoms with Gasteiger partial charge in [-0.3, -0.25) is 0 Å². The van der Waals surface area contributed by atoms with Crippen molar-refractivity contribution in [2.45, 2.75) is 13.8 Å². The maximum atomic E-state index is 5.80. The second kappa shape index (κ2) is 8.27. The van der Waals surface area contributed by atoms with Crippen LogP contribution in [0, 0.1) is 0 Å². The Bertz CT molecular complexity index is 1110. The number of aromatic nitrogens is 2. The maximum Gasteiger partial charge on any atom is 0.209 e. The smallest absolute Gasteiger partial charge is 0.209 e. The fourth-order valence-electron chi connectivity index (χ4n) is 3.02. The Kier molecular flexibility index (Phi) is 5.39. The van der Waals surface area contributed by atoms with Gasteiger partial charge in [0.05, 0.1) is 18.9 Å². The van der Waals surface area contributed by atoms with Gasteiger partial charge < -0.3 is 14.5 Å². The summed E-state index contributed by atoms with van der Waals surface area (Å²) in [7, 11) is 0. The number of benzene rings is 2. The van der Waals surface area contributed by atoms with Gasteiger partial charge >= 0.3 is 0 Å². The molecule has 2 aromatic heterocycles. The van der Waals surface area contributed by atoms with Crippen LogP contribution in [0.15, 0.2) is 59.0 Å². The lowest BCUT2D eigenvalue weighted by atomic mass is 10.1. The van der Waals surface area contributed by atoms with E-state index in [-0.39, 0.29) is 0 Å². The van der Waals surface area contributed by atoms with E-state index in [2.05, 4.69) is 27.1 Å². The van der Waals surface area contributed by atoms with E-state index in [9.17, 15) is 0 Å². The largest absolute Gasteiger partial charge is 0.494 e. The molecule has 0 aliphatic carbocycles. The average Bonchev–Trinajstić information content (AvgIpc) is 3.34. The number of thiazole rings is 1. The van der Waals surface area contributed by atoms with E-state index in [1.807, 2.05) is 62.0 Å². The number of aliphatic imine (C=N–C) groups is 1. The fraction of sp³-hybridized carbons (Fsp3) is 0.182. The molecule has 0 aliphatic rings. The van der Waals surface area contributed by atoms with Gasteiger partial charge in [0.2, 0.25) is 5.13 Å². The summed E-state index contributed by atoms with van der Waals surface area (Å²) in [6, 6.07) is 14.0. The van der Waals surface area contributed by atoms with Crippen molar-refractivity contribution < 1.29 is 9.47 Å². The molecule has 0 radical (unpaired) electrons. The van der Waals surface area contributed by atoms with Gasteiger partial charge in [-0.25, -0.2) is 9.98 Å². The standard InChI is InChI=1S/C22H21N3O2S/c1-3-26-16-9-10-18(21(11-16)27-4-2)20-14-28-22(25-20)24-13-15-12-23-19-8-6-5-7-17(15)19/h5-14,23H,3-4H2,1-2H3. The number of hydrogen-bond acceptors (Lipinski definition) is 5. The average molecular weight is 391 g/mol. The number of H-pyrrole nitrogens is 1. The Hall–Kier alpha value is -3.12. The molecule has 2 aromatic carbocycles. The summed E-state index contributed by atoms with van der Waals surface area (Å²) >= 11 is 1.51. The predicted molar refractivity (Wildman–Crippen MR) is 115 cm³/mol. The summed E-state index contributed by atoms with van der Waals surface area (Å²) in [6.45, 7) is 5.13. The zero-order valence-electron chi connectivity index (χ0n) is 15.8. The van der Waals surface area contributed by atoms with Gasteiger partial charge in [0.1, 0.15) is 11.5 Å². The summed E-state index contributed by atoms with van der Waals surface area (Å²) in [6.07, 6.45) is 3.81. The van der Waals surface area contributed by atoms with Gasteiger partial charge in [-0.1, -0.05) is 18.2 Å². The van der Waals surface area contributed by atoms with Gasteiger partial charge in [0, 0.05) is 45.9 Å². The van der Waals surface area contributed by atoms with Crippen LogP contribution in [0.1, 0.15) is 19.4 Å². The number of aromatic amines is 1. The van der Waals surface area contributed by atoms with Gasteiger partial charge in [-0.15, -0.1) is 11.3 Å². The number of hydrogen-bond donors (Lipinski definition) is 1. The monoisotopic (exact) mass is 391 g/mol. The SMILES string of the molecule is CCOc1ccc(-c2csc(N=Cc3c[nH]c4ccccc34)n2)c(OCC)c1. The first kappa shape index (κ1) is 18.3. The lowest BCUT2D eigenvalue weighted by Crippen LogP contribution is -1.97. The molecule has 0 atom stereocenters. The molecule has 142 valence electrons. The lowest BCUT2D eigenvalue weighted by molar-refractivity contribution is 0.324. The van der Waals surface area contributed by atoms with Crippen LogP contribution in [0.2, 0.25) is 0 Å². The number of para-hydroxylation sites is 1. The summed E-state index contributed by atoms with van der Waals surface area (Å²) < 4.78 is 11.4. The first-order chi connectivity index (χ1) is 13.8. The van der Waals surface area contributed by atoms with E-state index in [1.165, 1.54) is 11.3 Å². The number of rotatable bonds is 7. The molecular formula is C22H21N3O2S. The van der Waals surface area contributed by atoms with E-state index in [0.717, 1.165) is 39.2 Å². The molecule has 1 N–H and O–H groups in total. The quantitative estimate of drug-likeness (QED) is 0.403. The van der Waals surface area contributed by atoms with Crippen LogP contribution in [-0.2, 0) is 0 Å². The van der Waals surface area contributed by atoms with Gasteiger partial charge in [0.25, 0.3) is 0 Å². The van der Waals surface area contributed by atoms with Gasteiger partial charge in [0.15, 0.2) is 0 Å². The third-order valence-corrected chi connectivity index (χ3v) is 5.02. The van der Waals surface area contributed by atoms with Crippen LogP contribution in [0.3, 0.4) is 0 Å². The van der Waals surface area contributed by atoms with Crippen LogP contribution >= 0.6 is 11.3 Å². The number of nitrogens with one attached hydrogen (secondary N) is 1. The topological polar surface area (TPSA) is 59.5 Å². The molecule has 4 aromatic rings. The fourth-order valence-corrected chi connectivity index (χ4v) is 3.68. The van der Waals surface area contributed by atoms with Crippen molar-refractivity contribution in [3.63, 3.8) is 0 Å². The third-order valence-electron chi connectivity index (χ3n) is 4.27. The molecule has 0 saturated heterocycles. The number of ether oxygens (including phenoxy) is 2. The molecule has 2 heterocycles. The normalized spacial score (nSPS) is 11.4. The molecule has 0 amide bonds. The first-order valence-electron chi connectivity index (χ1n) is 9.24. The Morgan fingerprint density at radius 3 is 2.82 bits per heavy atom. The van der Waals surface area contributed by atoms with E-state index in [0.29, 0.717) is 18.3 Å². The molecule has 5 nitrogen and oxygen atoms in total. The van der Waals surface area contributed by atoms with Crippen LogP contribution in [0.5, 0.6) is 11.5 Å². The molecule has 28 heavy (non-hydrogen) atoms. The van der Waals surface area contributed by atoms with Crippen molar-refractivity contribution in [1.29, 1.82) is 0 Å². The van der Waals surface area contributed by atoms with E-state index in [4.69, 9.17) is 9.47 Å². The number of fused-ring (bicyclic) bond motifs is 1. The van der Waals surface area contributed by atoms with Gasteiger partial charge in [-0.2, -0.15) is 0 Å². The molecule has 0 bridgehead atoms. The highest BCUT2D eigenvalue weighted by Crippen LogP contribution is 2.35. The Balaban J connectivity index is 1.60. The highest BCUT2D eigenvalue weighted by atomic mass is 32.1. The summed E-state index contributed by atoms with van der Waals surface area (Å²) in [5.41, 5.74) is 3.93. The number of nitrogens with zero attached hydrogens (tertiary/aromatic N) is 2. The molecular weight excluding hydrogens is 370 g/mol. The molecule has 4 rings (SSSR count). The van der Waals surface area contributed by atoms with E-state index >= 15 is 0 Å². The van der Waals surface area contributed by atoms with Crippen molar-refractivity contribution in [3.05, 3.63) is 59.6 Å². The molecule has 6 heteroatoms. The first-order valence-corrected chi connectivity index (χ1v) is 10.1. The molecule has 0 fully saturated rings. The van der Waals surface area contributed by atoms with Gasteiger partial charge in [-0.05, 0) is 32.0 Å². The molecule has 0 unspecified atom stereocenters. The zero-order valence-corrected chi connectivity index (χ0v) is 16.6. The molecule has 0 saturated carbocycles. The van der Waals surface area contributed by atoms with Crippen molar-refractivity contribution in [2.24, 2.45) is 4.99 Å². The van der Waals surface area contributed by atoms with Crippen molar-refractivity contribution in [3.8, 4) is 22.8 Å². The van der Waals surface area contributed by atoms with Crippen LogP contribution in [-0.4, -0.2) is 29.4 Å². The highest BCUT2D eigenvalue weighted by Gasteiger charge is 2.12. The Morgan fingerprint density at radius 1 is 1.11 bits per heavy atom. The van der Waals surface area contributed by atoms with E-state index < -0.39 is 0 Å². The van der Waals surface area contributed by atoms with E-state index in [1.54, 1.807) is 0 Å². The second-order valence-corrected chi connectivity index (χ2v) is 6.92. The minimum atomic E-state index is 0.582. The minimum absolute atomic E-state index is 0.582. The minimum Gasteiger partial charge on any atom is -0.494 e. The zero-order chi connectivity index (χ0) is 19.3.